The highest BCUT2D eigenvalue weighted by molar-refractivity contribution is 5.79. The molecule has 1 aliphatic rings. The van der Waals surface area contributed by atoms with Crippen LogP contribution in [0.5, 0.6) is 5.88 Å². The average molecular weight is 276 g/mol. The minimum absolute atomic E-state index is 0.664. The topological polar surface area (TPSA) is 58.5 Å². The van der Waals surface area contributed by atoms with Crippen LogP contribution >= 0.6 is 0 Å². The van der Waals surface area contributed by atoms with Gasteiger partial charge in [0.25, 0.3) is 0 Å². The Labute approximate surface area is 120 Å². The summed E-state index contributed by atoms with van der Waals surface area (Å²) < 4.78 is 5.65. The van der Waals surface area contributed by atoms with Crippen molar-refractivity contribution in [3.05, 3.63) is 23.9 Å². The molecule has 2 rings (SSSR count). The molecular weight excluding hydrogens is 252 g/mol. The molecule has 0 saturated heterocycles. The van der Waals surface area contributed by atoms with E-state index in [0.717, 1.165) is 30.4 Å². The molecule has 1 aromatic heterocycles. The highest BCUT2D eigenvalue weighted by atomic mass is 16.5. The van der Waals surface area contributed by atoms with Gasteiger partial charge in [-0.1, -0.05) is 13.0 Å². The van der Waals surface area contributed by atoms with E-state index in [0.29, 0.717) is 19.0 Å². The molecular formula is C15H24N4O. The number of nitrogens with one attached hydrogen (secondary N) is 2. The second kappa shape index (κ2) is 7.72. The minimum Gasteiger partial charge on any atom is -0.477 e. The van der Waals surface area contributed by atoms with Crippen molar-refractivity contribution in [2.24, 2.45) is 10.9 Å². The maximum atomic E-state index is 5.65. The number of guanidine groups is 1. The Morgan fingerprint density at radius 3 is 3.00 bits per heavy atom. The van der Waals surface area contributed by atoms with E-state index in [4.69, 9.17) is 4.74 Å². The summed E-state index contributed by atoms with van der Waals surface area (Å²) in [6.07, 6.45) is 5.41. The second-order valence-corrected chi connectivity index (χ2v) is 5.07. The van der Waals surface area contributed by atoms with Crippen molar-refractivity contribution in [3.8, 4) is 5.88 Å². The molecule has 0 spiro atoms. The Hall–Kier alpha value is -1.78. The number of aliphatic imine (C=N–C) groups is 1. The zero-order valence-electron chi connectivity index (χ0n) is 12.4. The van der Waals surface area contributed by atoms with E-state index in [-0.39, 0.29) is 0 Å². The Kier molecular flexibility index (Phi) is 5.65. The largest absolute Gasteiger partial charge is 0.477 e. The quantitative estimate of drug-likeness (QED) is 0.590. The SMILES string of the molecule is CCCOc1ncccc1CNC(=NC)NCC1CC1. The molecule has 1 saturated carbocycles. The molecule has 0 unspecified atom stereocenters. The Bertz CT molecular complexity index is 443. The molecule has 0 radical (unpaired) electrons. The Balaban J connectivity index is 1.84. The molecule has 0 aliphatic heterocycles. The fourth-order valence-corrected chi connectivity index (χ4v) is 1.85. The molecule has 110 valence electrons. The van der Waals surface area contributed by atoms with E-state index in [1.165, 1.54) is 12.8 Å². The summed E-state index contributed by atoms with van der Waals surface area (Å²) in [6.45, 7) is 4.45. The molecule has 1 fully saturated rings. The summed E-state index contributed by atoms with van der Waals surface area (Å²) in [7, 11) is 1.79. The van der Waals surface area contributed by atoms with Crippen molar-refractivity contribution in [3.63, 3.8) is 0 Å². The van der Waals surface area contributed by atoms with Crippen molar-refractivity contribution >= 4 is 5.96 Å². The maximum Gasteiger partial charge on any atom is 0.218 e. The zero-order valence-corrected chi connectivity index (χ0v) is 12.4. The van der Waals surface area contributed by atoms with Crippen molar-refractivity contribution in [1.82, 2.24) is 15.6 Å². The fraction of sp³-hybridized carbons (Fsp3) is 0.600. The number of aromatic nitrogens is 1. The van der Waals surface area contributed by atoms with E-state index < -0.39 is 0 Å². The van der Waals surface area contributed by atoms with Crippen LogP contribution < -0.4 is 15.4 Å². The van der Waals surface area contributed by atoms with Gasteiger partial charge in [-0.25, -0.2) is 4.98 Å². The standard InChI is InChI=1S/C15H24N4O/c1-3-9-20-14-13(5-4-8-17-14)11-19-15(16-2)18-10-12-6-7-12/h4-5,8,12H,3,6-7,9-11H2,1-2H3,(H2,16,18,19). The van der Waals surface area contributed by atoms with Crippen LogP contribution in [0.2, 0.25) is 0 Å². The van der Waals surface area contributed by atoms with Crippen LogP contribution in [0.3, 0.4) is 0 Å². The Morgan fingerprint density at radius 2 is 2.30 bits per heavy atom. The van der Waals surface area contributed by atoms with Crippen LogP contribution in [0, 0.1) is 5.92 Å². The lowest BCUT2D eigenvalue weighted by molar-refractivity contribution is 0.301. The molecule has 0 amide bonds. The number of ether oxygens (including phenoxy) is 1. The summed E-state index contributed by atoms with van der Waals surface area (Å²) >= 11 is 0. The molecule has 0 atom stereocenters. The summed E-state index contributed by atoms with van der Waals surface area (Å²) in [5.41, 5.74) is 1.05. The van der Waals surface area contributed by atoms with E-state index in [1.54, 1.807) is 13.2 Å². The first-order chi connectivity index (χ1) is 9.83. The molecule has 0 aromatic carbocycles. The van der Waals surface area contributed by atoms with E-state index in [2.05, 4.69) is 27.5 Å². The van der Waals surface area contributed by atoms with E-state index >= 15 is 0 Å². The number of nitrogens with zero attached hydrogens (tertiary/aromatic N) is 2. The average Bonchev–Trinajstić information content (AvgIpc) is 3.30. The van der Waals surface area contributed by atoms with E-state index in [9.17, 15) is 0 Å². The minimum atomic E-state index is 0.664. The monoisotopic (exact) mass is 276 g/mol. The van der Waals surface area contributed by atoms with Crippen LogP contribution in [0.1, 0.15) is 31.7 Å². The van der Waals surface area contributed by atoms with Crippen molar-refractivity contribution < 1.29 is 4.74 Å². The maximum absolute atomic E-state index is 5.65. The van der Waals surface area contributed by atoms with Crippen molar-refractivity contribution in [1.29, 1.82) is 0 Å². The van der Waals surface area contributed by atoms with Gasteiger partial charge in [-0.05, 0) is 31.2 Å². The normalized spacial score (nSPS) is 15.0. The van der Waals surface area contributed by atoms with Gasteiger partial charge in [-0.2, -0.15) is 0 Å². The van der Waals surface area contributed by atoms with Gasteiger partial charge in [0, 0.05) is 31.9 Å². The van der Waals surface area contributed by atoms with Crippen LogP contribution in [0.4, 0.5) is 0 Å². The van der Waals surface area contributed by atoms with Gasteiger partial charge in [0.2, 0.25) is 5.88 Å². The number of pyridine rings is 1. The first kappa shape index (κ1) is 14.6. The summed E-state index contributed by atoms with van der Waals surface area (Å²) in [5.74, 6) is 2.37. The molecule has 1 heterocycles. The third kappa shape index (κ3) is 4.72. The Morgan fingerprint density at radius 1 is 1.45 bits per heavy atom. The highest BCUT2D eigenvalue weighted by Gasteiger charge is 2.21. The van der Waals surface area contributed by atoms with E-state index in [1.807, 2.05) is 12.1 Å². The van der Waals surface area contributed by atoms with Crippen LogP contribution in [0.25, 0.3) is 0 Å². The summed E-state index contributed by atoms with van der Waals surface area (Å²) in [6, 6.07) is 3.95. The third-order valence-corrected chi connectivity index (χ3v) is 3.22. The highest BCUT2D eigenvalue weighted by Crippen LogP contribution is 2.27. The van der Waals surface area contributed by atoms with Gasteiger partial charge in [0.05, 0.1) is 6.61 Å². The second-order valence-electron chi connectivity index (χ2n) is 5.07. The predicted molar refractivity (Wildman–Crippen MR) is 80.9 cm³/mol. The zero-order chi connectivity index (χ0) is 14.2. The molecule has 5 heteroatoms. The molecule has 20 heavy (non-hydrogen) atoms. The van der Waals surface area contributed by atoms with Crippen molar-refractivity contribution in [2.75, 3.05) is 20.2 Å². The smallest absolute Gasteiger partial charge is 0.218 e. The molecule has 0 bridgehead atoms. The van der Waals surface area contributed by atoms with Crippen LogP contribution in [-0.2, 0) is 6.54 Å². The number of hydrogen-bond acceptors (Lipinski definition) is 3. The van der Waals surface area contributed by atoms with Gasteiger partial charge in [0.1, 0.15) is 0 Å². The first-order valence-corrected chi connectivity index (χ1v) is 7.34. The van der Waals surface area contributed by atoms with Crippen LogP contribution in [0.15, 0.2) is 23.3 Å². The number of hydrogen-bond donors (Lipinski definition) is 2. The van der Waals surface area contributed by atoms with Gasteiger partial charge >= 0.3 is 0 Å². The van der Waals surface area contributed by atoms with Gasteiger partial charge < -0.3 is 15.4 Å². The molecule has 5 nitrogen and oxygen atoms in total. The molecule has 2 N–H and O–H groups in total. The fourth-order valence-electron chi connectivity index (χ4n) is 1.85. The third-order valence-electron chi connectivity index (χ3n) is 3.22. The molecule has 1 aliphatic carbocycles. The first-order valence-electron chi connectivity index (χ1n) is 7.34. The predicted octanol–water partition coefficient (Wildman–Crippen LogP) is 1.95. The lowest BCUT2D eigenvalue weighted by Crippen LogP contribution is -2.37. The summed E-state index contributed by atoms with van der Waals surface area (Å²) in [4.78, 5) is 8.51. The summed E-state index contributed by atoms with van der Waals surface area (Å²) in [5, 5.41) is 6.65. The van der Waals surface area contributed by atoms with Crippen LogP contribution in [-0.4, -0.2) is 31.1 Å². The lowest BCUT2D eigenvalue weighted by atomic mass is 10.2. The van der Waals surface area contributed by atoms with Crippen molar-refractivity contribution in [2.45, 2.75) is 32.7 Å². The number of rotatable bonds is 7. The lowest BCUT2D eigenvalue weighted by Gasteiger charge is -2.13. The van der Waals surface area contributed by atoms with Gasteiger partial charge in [-0.15, -0.1) is 0 Å². The van der Waals surface area contributed by atoms with Gasteiger partial charge in [-0.3, -0.25) is 4.99 Å². The van der Waals surface area contributed by atoms with Gasteiger partial charge in [0.15, 0.2) is 5.96 Å². The molecule has 1 aromatic rings.